The SMILES string of the molecule is COCCCn1cc(C(=O)c2cc(F)ccc2OCc2ccc(C)cc2)cc(C#N)c1=O. The van der Waals surface area contributed by atoms with E-state index in [1.807, 2.05) is 37.3 Å². The average Bonchev–Trinajstić information content (AvgIpc) is 2.80. The fourth-order valence-corrected chi connectivity index (χ4v) is 3.19. The third-order valence-corrected chi connectivity index (χ3v) is 4.92. The lowest BCUT2D eigenvalue weighted by molar-refractivity contribution is 0.103. The molecule has 0 aliphatic carbocycles. The molecule has 0 aliphatic rings. The zero-order chi connectivity index (χ0) is 23.1. The van der Waals surface area contributed by atoms with Crippen molar-refractivity contribution in [1.82, 2.24) is 4.57 Å². The molecule has 0 atom stereocenters. The minimum atomic E-state index is -0.593. The van der Waals surface area contributed by atoms with Crippen molar-refractivity contribution in [2.75, 3.05) is 13.7 Å². The molecule has 0 aliphatic heterocycles. The fourth-order valence-electron chi connectivity index (χ4n) is 3.19. The van der Waals surface area contributed by atoms with Gasteiger partial charge in [-0.2, -0.15) is 5.26 Å². The molecule has 3 aromatic rings. The first-order chi connectivity index (χ1) is 15.4. The maximum Gasteiger partial charge on any atom is 0.268 e. The number of hydrogen-bond acceptors (Lipinski definition) is 5. The molecule has 7 heteroatoms. The number of benzene rings is 2. The van der Waals surface area contributed by atoms with Gasteiger partial charge in [-0.3, -0.25) is 9.59 Å². The van der Waals surface area contributed by atoms with Crippen LogP contribution in [0.25, 0.3) is 0 Å². The maximum atomic E-state index is 14.0. The number of hydrogen-bond donors (Lipinski definition) is 0. The molecule has 0 saturated heterocycles. The quantitative estimate of drug-likeness (QED) is 0.375. The molecule has 0 saturated carbocycles. The number of aromatic nitrogens is 1. The first kappa shape index (κ1) is 22.9. The molecule has 3 rings (SSSR count). The molecule has 0 spiro atoms. The molecule has 1 heterocycles. The van der Waals surface area contributed by atoms with Crippen molar-refractivity contribution >= 4 is 5.78 Å². The summed E-state index contributed by atoms with van der Waals surface area (Å²) in [5, 5.41) is 9.34. The second-order valence-electron chi connectivity index (χ2n) is 7.34. The lowest BCUT2D eigenvalue weighted by Gasteiger charge is -2.13. The zero-order valence-electron chi connectivity index (χ0n) is 17.9. The van der Waals surface area contributed by atoms with E-state index in [4.69, 9.17) is 9.47 Å². The van der Waals surface area contributed by atoms with Crippen LogP contribution in [0.3, 0.4) is 0 Å². The van der Waals surface area contributed by atoms with Crippen LogP contribution in [0.15, 0.2) is 59.5 Å². The number of methoxy groups -OCH3 is 1. The normalized spacial score (nSPS) is 10.6. The highest BCUT2D eigenvalue weighted by molar-refractivity contribution is 6.10. The Hall–Kier alpha value is -3.76. The number of ether oxygens (including phenoxy) is 2. The number of carbonyl (C=O) groups is 1. The smallest absolute Gasteiger partial charge is 0.268 e. The minimum absolute atomic E-state index is 0.0168. The highest BCUT2D eigenvalue weighted by atomic mass is 19.1. The average molecular weight is 434 g/mol. The van der Waals surface area contributed by atoms with Gasteiger partial charge in [-0.05, 0) is 43.2 Å². The van der Waals surface area contributed by atoms with Gasteiger partial charge in [0.2, 0.25) is 0 Å². The van der Waals surface area contributed by atoms with Crippen molar-refractivity contribution in [3.8, 4) is 11.8 Å². The van der Waals surface area contributed by atoms with Gasteiger partial charge in [-0.25, -0.2) is 4.39 Å². The number of aryl methyl sites for hydroxylation is 2. The lowest BCUT2D eigenvalue weighted by atomic mass is 10.0. The number of carbonyl (C=O) groups excluding carboxylic acids is 1. The molecule has 6 nitrogen and oxygen atoms in total. The Morgan fingerprint density at radius 2 is 1.91 bits per heavy atom. The largest absolute Gasteiger partial charge is 0.488 e. The van der Waals surface area contributed by atoms with E-state index in [0.29, 0.717) is 13.0 Å². The van der Waals surface area contributed by atoms with Crippen molar-refractivity contribution in [2.45, 2.75) is 26.5 Å². The lowest BCUT2D eigenvalue weighted by Crippen LogP contribution is -2.24. The number of nitrogens with zero attached hydrogens (tertiary/aromatic N) is 2. The molecule has 0 radical (unpaired) electrons. The van der Waals surface area contributed by atoms with E-state index < -0.39 is 17.2 Å². The van der Waals surface area contributed by atoms with Gasteiger partial charge >= 0.3 is 0 Å². The molecule has 1 aromatic heterocycles. The van der Waals surface area contributed by atoms with E-state index >= 15 is 0 Å². The van der Waals surface area contributed by atoms with Crippen molar-refractivity contribution < 1.29 is 18.7 Å². The van der Waals surface area contributed by atoms with Crippen LogP contribution in [0.5, 0.6) is 5.75 Å². The molecule has 0 fully saturated rings. The maximum absolute atomic E-state index is 14.0. The van der Waals surface area contributed by atoms with Gasteiger partial charge in [0, 0.05) is 32.0 Å². The van der Waals surface area contributed by atoms with Crippen molar-refractivity contribution in [3.05, 3.63) is 98.7 Å². The molecular formula is C25H23FN2O4. The summed E-state index contributed by atoms with van der Waals surface area (Å²) in [6.45, 7) is 2.88. The van der Waals surface area contributed by atoms with E-state index in [0.717, 1.165) is 17.2 Å². The molecule has 0 N–H and O–H groups in total. The van der Waals surface area contributed by atoms with Gasteiger partial charge in [-0.1, -0.05) is 29.8 Å². The predicted molar refractivity (Wildman–Crippen MR) is 117 cm³/mol. The Balaban J connectivity index is 1.93. The monoisotopic (exact) mass is 434 g/mol. The van der Waals surface area contributed by atoms with Crippen LogP contribution >= 0.6 is 0 Å². The van der Waals surface area contributed by atoms with Gasteiger partial charge < -0.3 is 14.0 Å². The molecule has 32 heavy (non-hydrogen) atoms. The summed E-state index contributed by atoms with van der Waals surface area (Å²) < 4.78 is 26.1. The Kier molecular flexibility index (Phi) is 7.53. The van der Waals surface area contributed by atoms with Gasteiger partial charge in [0.25, 0.3) is 5.56 Å². The number of pyridine rings is 1. The number of rotatable bonds is 9. The number of halogens is 1. The summed E-state index contributed by atoms with van der Waals surface area (Å²) in [6, 6.07) is 14.5. The van der Waals surface area contributed by atoms with Crippen LogP contribution in [0, 0.1) is 24.1 Å². The topological polar surface area (TPSA) is 81.3 Å². The third-order valence-electron chi connectivity index (χ3n) is 4.92. The van der Waals surface area contributed by atoms with E-state index in [1.54, 1.807) is 7.11 Å². The molecular weight excluding hydrogens is 411 g/mol. The van der Waals surface area contributed by atoms with E-state index in [2.05, 4.69) is 0 Å². The zero-order valence-corrected chi connectivity index (χ0v) is 17.9. The number of nitriles is 1. The van der Waals surface area contributed by atoms with Crippen LogP contribution < -0.4 is 10.3 Å². The van der Waals surface area contributed by atoms with Crippen LogP contribution in [0.4, 0.5) is 4.39 Å². The highest BCUT2D eigenvalue weighted by Crippen LogP contribution is 2.24. The molecule has 164 valence electrons. The first-order valence-corrected chi connectivity index (χ1v) is 10.1. The molecule has 0 bridgehead atoms. The highest BCUT2D eigenvalue weighted by Gasteiger charge is 2.19. The molecule has 0 unspecified atom stereocenters. The van der Waals surface area contributed by atoms with Gasteiger partial charge in [0.05, 0.1) is 5.56 Å². The second kappa shape index (κ2) is 10.5. The number of ketones is 1. The van der Waals surface area contributed by atoms with E-state index in [1.165, 1.54) is 29.0 Å². The Bertz CT molecular complexity index is 1210. The Morgan fingerprint density at radius 3 is 2.59 bits per heavy atom. The Morgan fingerprint density at radius 1 is 1.16 bits per heavy atom. The summed E-state index contributed by atoms with van der Waals surface area (Å²) in [5.41, 5.74) is 1.48. The van der Waals surface area contributed by atoms with Crippen molar-refractivity contribution in [3.63, 3.8) is 0 Å². The van der Waals surface area contributed by atoms with E-state index in [9.17, 15) is 19.2 Å². The van der Waals surface area contributed by atoms with Crippen LogP contribution in [-0.2, 0) is 17.9 Å². The Labute approximate surface area is 185 Å². The summed E-state index contributed by atoms with van der Waals surface area (Å²) in [7, 11) is 1.55. The van der Waals surface area contributed by atoms with Crippen LogP contribution in [0.1, 0.15) is 39.0 Å². The van der Waals surface area contributed by atoms with Gasteiger partial charge in [-0.15, -0.1) is 0 Å². The molecule has 2 aromatic carbocycles. The van der Waals surface area contributed by atoms with Crippen LogP contribution in [0.2, 0.25) is 0 Å². The van der Waals surface area contributed by atoms with Gasteiger partial charge in [0.15, 0.2) is 5.78 Å². The summed E-state index contributed by atoms with van der Waals surface area (Å²) in [5.74, 6) is -0.919. The first-order valence-electron chi connectivity index (χ1n) is 10.1. The summed E-state index contributed by atoms with van der Waals surface area (Å²) in [4.78, 5) is 25.7. The van der Waals surface area contributed by atoms with E-state index in [-0.39, 0.29) is 35.6 Å². The third kappa shape index (κ3) is 5.48. The minimum Gasteiger partial charge on any atom is -0.488 e. The fraction of sp³-hybridized carbons (Fsp3) is 0.240. The van der Waals surface area contributed by atoms with Crippen molar-refractivity contribution in [2.24, 2.45) is 0 Å². The van der Waals surface area contributed by atoms with Crippen LogP contribution in [-0.4, -0.2) is 24.1 Å². The second-order valence-corrected chi connectivity index (χ2v) is 7.34. The van der Waals surface area contributed by atoms with Crippen molar-refractivity contribution in [1.29, 1.82) is 5.26 Å². The summed E-state index contributed by atoms with van der Waals surface area (Å²) >= 11 is 0. The summed E-state index contributed by atoms with van der Waals surface area (Å²) in [6.07, 6.45) is 1.92. The van der Waals surface area contributed by atoms with Gasteiger partial charge in [0.1, 0.15) is 29.8 Å². The molecule has 0 amide bonds. The predicted octanol–water partition coefficient (Wildman–Crippen LogP) is 4.01. The standard InChI is InChI=1S/C25H23FN2O4/c1-17-4-6-18(7-5-17)16-32-23-9-8-21(26)13-22(23)24(29)20-12-19(14-27)25(30)28(15-20)10-3-11-31-2/h4-9,12-13,15H,3,10-11,16H2,1-2H3.